The summed E-state index contributed by atoms with van der Waals surface area (Å²) in [6.45, 7) is 2.53. The SMILES string of the molecule is C[C@@H]1CC(C(N)C(=O)[O-])CCO1.[Li+]. The van der Waals surface area contributed by atoms with Gasteiger partial charge in [-0.3, -0.25) is 0 Å². The molecule has 0 aromatic carbocycles. The monoisotopic (exact) mass is 179 g/mol. The van der Waals surface area contributed by atoms with Gasteiger partial charge in [0.15, 0.2) is 0 Å². The maximum absolute atomic E-state index is 10.4. The standard InChI is InChI=1S/C8H15NO3.Li/c1-5-4-6(2-3-12-5)7(9)8(10)11;/h5-7H,2-4,9H2,1H3,(H,10,11);/q;+1/p-1/t5-,6?,7?;/m1./s1. The first-order chi connectivity index (χ1) is 5.61. The fraction of sp³-hybridized carbons (Fsp3) is 0.875. The average molecular weight is 179 g/mol. The number of nitrogens with two attached hydrogens (primary N) is 1. The van der Waals surface area contributed by atoms with E-state index >= 15 is 0 Å². The molecule has 0 saturated carbocycles. The molecule has 5 heteroatoms. The summed E-state index contributed by atoms with van der Waals surface area (Å²) in [5.41, 5.74) is 5.44. The molecule has 0 aliphatic carbocycles. The van der Waals surface area contributed by atoms with E-state index in [2.05, 4.69) is 0 Å². The smallest absolute Gasteiger partial charge is 0.548 e. The molecule has 1 rings (SSSR count). The van der Waals surface area contributed by atoms with E-state index in [1.54, 1.807) is 0 Å². The molecule has 0 aromatic heterocycles. The van der Waals surface area contributed by atoms with Crippen molar-refractivity contribution < 1.29 is 33.5 Å². The zero-order valence-electron chi connectivity index (χ0n) is 8.16. The molecule has 1 saturated heterocycles. The number of hydrogen-bond donors (Lipinski definition) is 1. The van der Waals surface area contributed by atoms with Gasteiger partial charge in [0.1, 0.15) is 0 Å². The van der Waals surface area contributed by atoms with Crippen molar-refractivity contribution in [2.75, 3.05) is 6.61 Å². The summed E-state index contributed by atoms with van der Waals surface area (Å²) in [6, 6.07) is -0.837. The number of hydrogen-bond acceptors (Lipinski definition) is 4. The van der Waals surface area contributed by atoms with Gasteiger partial charge in [0.25, 0.3) is 0 Å². The van der Waals surface area contributed by atoms with E-state index < -0.39 is 12.0 Å². The summed E-state index contributed by atoms with van der Waals surface area (Å²) in [5.74, 6) is -1.15. The van der Waals surface area contributed by atoms with Crippen molar-refractivity contribution in [3.05, 3.63) is 0 Å². The van der Waals surface area contributed by atoms with Crippen molar-refractivity contribution in [1.82, 2.24) is 0 Å². The molecule has 1 fully saturated rings. The van der Waals surface area contributed by atoms with Gasteiger partial charge in [0, 0.05) is 12.6 Å². The molecular weight excluding hydrogens is 165 g/mol. The molecular formula is C8H14LiNO3. The van der Waals surface area contributed by atoms with Gasteiger partial charge in [0.2, 0.25) is 0 Å². The molecule has 0 spiro atoms. The summed E-state index contributed by atoms with van der Waals surface area (Å²) in [7, 11) is 0. The fourth-order valence-electron chi connectivity index (χ4n) is 1.55. The zero-order chi connectivity index (χ0) is 9.14. The molecule has 1 aliphatic heterocycles. The minimum atomic E-state index is -1.16. The first-order valence-electron chi connectivity index (χ1n) is 4.19. The van der Waals surface area contributed by atoms with Crippen molar-refractivity contribution in [3.8, 4) is 0 Å². The van der Waals surface area contributed by atoms with Crippen LogP contribution in [0.2, 0.25) is 0 Å². The van der Waals surface area contributed by atoms with Gasteiger partial charge < -0.3 is 20.4 Å². The van der Waals surface area contributed by atoms with Crippen molar-refractivity contribution in [2.24, 2.45) is 11.7 Å². The van der Waals surface area contributed by atoms with Gasteiger partial charge in [0.05, 0.1) is 12.1 Å². The van der Waals surface area contributed by atoms with E-state index in [0.717, 1.165) is 12.8 Å². The van der Waals surface area contributed by atoms with Gasteiger partial charge in [-0.25, -0.2) is 0 Å². The Morgan fingerprint density at radius 3 is 2.77 bits per heavy atom. The number of carbonyl (C=O) groups is 1. The van der Waals surface area contributed by atoms with E-state index in [1.165, 1.54) is 0 Å². The largest absolute Gasteiger partial charge is 1.00 e. The van der Waals surface area contributed by atoms with Crippen LogP contribution in [0, 0.1) is 5.92 Å². The number of carboxylic acid groups (broad SMARTS) is 1. The van der Waals surface area contributed by atoms with Crippen molar-refractivity contribution in [1.29, 1.82) is 0 Å². The molecule has 2 unspecified atom stereocenters. The molecule has 1 aliphatic rings. The third-order valence-electron chi connectivity index (χ3n) is 2.31. The van der Waals surface area contributed by atoms with Crippen molar-refractivity contribution >= 4 is 5.97 Å². The van der Waals surface area contributed by atoms with Gasteiger partial charge in [-0.15, -0.1) is 0 Å². The van der Waals surface area contributed by atoms with Crippen molar-refractivity contribution in [3.63, 3.8) is 0 Å². The maximum atomic E-state index is 10.4. The van der Waals surface area contributed by atoms with Crippen LogP contribution >= 0.6 is 0 Å². The quantitative estimate of drug-likeness (QED) is 0.437. The molecule has 2 N–H and O–H groups in total. The maximum Gasteiger partial charge on any atom is 1.00 e. The first kappa shape index (κ1) is 13.0. The van der Waals surface area contributed by atoms with Crippen molar-refractivity contribution in [2.45, 2.75) is 31.9 Å². The second-order valence-corrected chi connectivity index (χ2v) is 3.31. The minimum Gasteiger partial charge on any atom is -0.548 e. The fourth-order valence-corrected chi connectivity index (χ4v) is 1.55. The summed E-state index contributed by atoms with van der Waals surface area (Å²) in [4.78, 5) is 10.4. The van der Waals surface area contributed by atoms with Crippen LogP contribution in [0.3, 0.4) is 0 Å². The molecule has 13 heavy (non-hydrogen) atoms. The minimum absolute atomic E-state index is 0. The van der Waals surface area contributed by atoms with E-state index in [4.69, 9.17) is 10.5 Å². The summed E-state index contributed by atoms with van der Waals surface area (Å²) < 4.78 is 5.27. The zero-order valence-corrected chi connectivity index (χ0v) is 8.16. The predicted molar refractivity (Wildman–Crippen MR) is 41.1 cm³/mol. The van der Waals surface area contributed by atoms with E-state index in [1.807, 2.05) is 6.92 Å². The van der Waals surface area contributed by atoms with Crippen LogP contribution in [0.25, 0.3) is 0 Å². The molecule has 70 valence electrons. The average Bonchev–Trinajstić information content (AvgIpc) is 2.03. The van der Waals surface area contributed by atoms with Crippen LogP contribution in [0.1, 0.15) is 19.8 Å². The van der Waals surface area contributed by atoms with Gasteiger partial charge in [-0.2, -0.15) is 0 Å². The van der Waals surface area contributed by atoms with E-state index in [0.29, 0.717) is 6.61 Å². The Morgan fingerprint density at radius 2 is 2.31 bits per heavy atom. The topological polar surface area (TPSA) is 75.4 Å². The number of aliphatic carboxylic acids is 1. The summed E-state index contributed by atoms with van der Waals surface area (Å²) in [6.07, 6.45) is 1.56. The number of ether oxygens (including phenoxy) is 1. The number of carboxylic acids is 1. The second kappa shape index (κ2) is 5.66. The summed E-state index contributed by atoms with van der Waals surface area (Å²) >= 11 is 0. The van der Waals surface area contributed by atoms with Gasteiger partial charge in [-0.1, -0.05) is 0 Å². The van der Waals surface area contributed by atoms with Gasteiger partial charge in [-0.05, 0) is 25.7 Å². The Kier molecular flexibility index (Phi) is 5.66. The molecule has 4 nitrogen and oxygen atoms in total. The van der Waals surface area contributed by atoms with Crippen LogP contribution in [0.4, 0.5) is 0 Å². The Morgan fingerprint density at radius 1 is 1.69 bits per heavy atom. The molecule has 0 bridgehead atoms. The third kappa shape index (κ3) is 3.70. The van der Waals surface area contributed by atoms with E-state index in [9.17, 15) is 9.90 Å². The molecule has 0 radical (unpaired) electrons. The van der Waals surface area contributed by atoms with Crippen LogP contribution < -0.4 is 29.7 Å². The molecule has 3 atom stereocenters. The molecule has 0 aromatic rings. The molecule has 1 heterocycles. The van der Waals surface area contributed by atoms with Crippen LogP contribution in [-0.2, 0) is 9.53 Å². The van der Waals surface area contributed by atoms with Crippen LogP contribution in [0.5, 0.6) is 0 Å². The number of rotatable bonds is 2. The third-order valence-corrected chi connectivity index (χ3v) is 2.31. The normalized spacial score (nSPS) is 30.3. The number of carbonyl (C=O) groups excluding carboxylic acids is 1. The predicted octanol–water partition coefficient (Wildman–Crippen LogP) is -4.12. The van der Waals surface area contributed by atoms with Gasteiger partial charge >= 0.3 is 18.9 Å². The summed E-state index contributed by atoms with van der Waals surface area (Å²) in [5, 5.41) is 10.4. The van der Waals surface area contributed by atoms with Crippen LogP contribution in [-0.4, -0.2) is 24.7 Å². The molecule has 0 amide bonds. The first-order valence-corrected chi connectivity index (χ1v) is 4.19. The van der Waals surface area contributed by atoms with Crippen LogP contribution in [0.15, 0.2) is 0 Å². The Labute approximate surface area is 90.0 Å². The Balaban J connectivity index is 0.00000144. The van der Waals surface area contributed by atoms with E-state index in [-0.39, 0.29) is 30.9 Å². The Hall–Kier alpha value is -0.0126. The second-order valence-electron chi connectivity index (χ2n) is 3.31. The Bertz CT molecular complexity index is 177.